The Morgan fingerprint density at radius 1 is 1.23 bits per heavy atom. The molecule has 7 heteroatoms. The van der Waals surface area contributed by atoms with Crippen molar-refractivity contribution in [2.24, 2.45) is 0 Å². The molecule has 0 saturated carbocycles. The van der Waals surface area contributed by atoms with E-state index in [0.717, 1.165) is 4.47 Å². The van der Waals surface area contributed by atoms with Crippen LogP contribution in [0.3, 0.4) is 0 Å². The zero-order valence-electron chi connectivity index (χ0n) is 11.0. The lowest BCUT2D eigenvalue weighted by Gasteiger charge is -2.03. The Balaban J connectivity index is 2.03. The predicted molar refractivity (Wildman–Crippen MR) is 86.9 cm³/mol. The third kappa shape index (κ3) is 4.41. The molecule has 5 nitrogen and oxygen atoms in total. The van der Waals surface area contributed by atoms with Crippen molar-refractivity contribution in [3.63, 3.8) is 0 Å². The van der Waals surface area contributed by atoms with Gasteiger partial charge in [-0.2, -0.15) is 0 Å². The number of esters is 1. The van der Waals surface area contributed by atoms with Crippen LogP contribution in [0.25, 0.3) is 6.08 Å². The molecule has 2 aromatic carbocycles. The summed E-state index contributed by atoms with van der Waals surface area (Å²) in [7, 11) is 0. The molecule has 2 aromatic rings. The van der Waals surface area contributed by atoms with Gasteiger partial charge in [0.1, 0.15) is 5.75 Å². The van der Waals surface area contributed by atoms with Gasteiger partial charge in [0, 0.05) is 22.7 Å². The Hall–Kier alpha value is -2.18. The van der Waals surface area contributed by atoms with Gasteiger partial charge < -0.3 is 4.74 Å². The summed E-state index contributed by atoms with van der Waals surface area (Å²) in [5, 5.41) is 10.8. The zero-order valence-corrected chi connectivity index (χ0v) is 13.4. The Morgan fingerprint density at radius 3 is 2.50 bits per heavy atom. The first-order chi connectivity index (χ1) is 10.5. The minimum atomic E-state index is -0.595. The average molecular weight is 383 g/mol. The number of carbonyl (C=O) groups excluding carboxylic acids is 1. The lowest BCUT2D eigenvalue weighted by atomic mass is 10.2. The Labute approximate surface area is 139 Å². The second-order valence-electron chi connectivity index (χ2n) is 4.18. The smallest absolute Gasteiger partial charge is 0.336 e. The topological polar surface area (TPSA) is 69.4 Å². The molecule has 2 rings (SSSR count). The summed E-state index contributed by atoms with van der Waals surface area (Å²) in [4.78, 5) is 21.8. The van der Waals surface area contributed by atoms with E-state index in [-0.39, 0.29) is 11.4 Å². The number of hydrogen-bond acceptors (Lipinski definition) is 4. The van der Waals surface area contributed by atoms with Crippen LogP contribution in [-0.2, 0) is 4.79 Å². The molecule has 0 N–H and O–H groups in total. The molecule has 0 amide bonds. The van der Waals surface area contributed by atoms with Gasteiger partial charge in [0.25, 0.3) is 5.69 Å². The summed E-state index contributed by atoms with van der Waals surface area (Å²) < 4.78 is 5.87. The van der Waals surface area contributed by atoms with Crippen LogP contribution in [0.15, 0.2) is 53.0 Å². The summed E-state index contributed by atoms with van der Waals surface area (Å²) in [6, 6.07) is 10.7. The molecule has 0 unspecified atom stereocenters. The molecule has 0 heterocycles. The fourth-order valence-corrected chi connectivity index (χ4v) is 2.28. The van der Waals surface area contributed by atoms with E-state index in [2.05, 4.69) is 15.9 Å². The summed E-state index contributed by atoms with van der Waals surface area (Å²) >= 11 is 9.20. The van der Waals surface area contributed by atoms with Gasteiger partial charge in [-0.05, 0) is 42.0 Å². The van der Waals surface area contributed by atoms with Crippen molar-refractivity contribution in [1.82, 2.24) is 0 Å². The molecule has 22 heavy (non-hydrogen) atoms. The van der Waals surface area contributed by atoms with Crippen LogP contribution >= 0.6 is 27.5 Å². The highest BCUT2D eigenvalue weighted by Gasteiger charge is 2.06. The lowest BCUT2D eigenvalue weighted by molar-refractivity contribution is -0.384. The van der Waals surface area contributed by atoms with Crippen LogP contribution in [0.5, 0.6) is 5.75 Å². The van der Waals surface area contributed by atoms with E-state index in [1.807, 2.05) is 0 Å². The minimum Gasteiger partial charge on any atom is -0.422 e. The normalized spacial score (nSPS) is 10.6. The average Bonchev–Trinajstić information content (AvgIpc) is 2.48. The largest absolute Gasteiger partial charge is 0.422 e. The van der Waals surface area contributed by atoms with Gasteiger partial charge in [-0.3, -0.25) is 10.1 Å². The van der Waals surface area contributed by atoms with E-state index >= 15 is 0 Å². The first-order valence-electron chi connectivity index (χ1n) is 6.05. The Kier molecular flexibility index (Phi) is 5.30. The molecular weight excluding hydrogens is 374 g/mol. The molecule has 0 aliphatic carbocycles. The molecule has 0 radical (unpaired) electrons. The van der Waals surface area contributed by atoms with Gasteiger partial charge in [-0.25, -0.2) is 4.79 Å². The van der Waals surface area contributed by atoms with Crippen LogP contribution in [-0.4, -0.2) is 10.9 Å². The van der Waals surface area contributed by atoms with Crippen LogP contribution in [0.4, 0.5) is 5.69 Å². The number of benzene rings is 2. The molecule has 112 valence electrons. The molecular formula is C15H9BrClNO4. The van der Waals surface area contributed by atoms with E-state index in [9.17, 15) is 14.9 Å². The highest BCUT2D eigenvalue weighted by Crippen LogP contribution is 2.27. The Bertz CT molecular complexity index is 744. The van der Waals surface area contributed by atoms with Crippen LogP contribution in [0, 0.1) is 10.1 Å². The van der Waals surface area contributed by atoms with Crippen molar-refractivity contribution >= 4 is 45.3 Å². The van der Waals surface area contributed by atoms with E-state index in [4.69, 9.17) is 16.3 Å². The number of hydrogen-bond donors (Lipinski definition) is 0. The van der Waals surface area contributed by atoms with Gasteiger partial charge in [0.2, 0.25) is 0 Å². The monoisotopic (exact) mass is 381 g/mol. The van der Waals surface area contributed by atoms with Gasteiger partial charge in [0.05, 0.1) is 9.95 Å². The number of nitrogens with zero attached hydrogens (tertiary/aromatic N) is 1. The quantitative estimate of drug-likeness (QED) is 0.254. The van der Waals surface area contributed by atoms with E-state index in [1.165, 1.54) is 36.4 Å². The predicted octanol–water partition coefficient (Wildman–Crippen LogP) is 4.63. The van der Waals surface area contributed by atoms with E-state index in [0.29, 0.717) is 10.6 Å². The molecule has 0 fully saturated rings. The second kappa shape index (κ2) is 7.20. The van der Waals surface area contributed by atoms with E-state index < -0.39 is 10.9 Å². The summed E-state index contributed by atoms with van der Waals surface area (Å²) in [5.74, 6) is -0.342. The second-order valence-corrected chi connectivity index (χ2v) is 5.50. The first-order valence-corrected chi connectivity index (χ1v) is 7.22. The summed E-state index contributed by atoms with van der Waals surface area (Å²) in [6.45, 7) is 0. The van der Waals surface area contributed by atoms with Crippen LogP contribution in [0.2, 0.25) is 5.02 Å². The number of carbonyl (C=O) groups is 1. The van der Waals surface area contributed by atoms with Crippen molar-refractivity contribution in [2.75, 3.05) is 0 Å². The third-order valence-corrected chi connectivity index (χ3v) is 3.41. The highest BCUT2D eigenvalue weighted by atomic mass is 79.9. The first kappa shape index (κ1) is 16.2. The fourth-order valence-electron chi connectivity index (χ4n) is 1.57. The molecule has 0 aromatic heterocycles. The maximum absolute atomic E-state index is 11.7. The van der Waals surface area contributed by atoms with Gasteiger partial charge in [-0.1, -0.05) is 27.5 Å². The van der Waals surface area contributed by atoms with Crippen LogP contribution in [0.1, 0.15) is 5.56 Å². The van der Waals surface area contributed by atoms with Gasteiger partial charge >= 0.3 is 5.97 Å². The summed E-state index contributed by atoms with van der Waals surface area (Å²) in [5.41, 5.74) is 0.630. The lowest BCUT2D eigenvalue weighted by Crippen LogP contribution is -2.04. The maximum atomic E-state index is 11.7. The van der Waals surface area contributed by atoms with Crippen molar-refractivity contribution in [1.29, 1.82) is 0 Å². The van der Waals surface area contributed by atoms with Crippen LogP contribution < -0.4 is 4.74 Å². The number of nitro benzene ring substituents is 1. The van der Waals surface area contributed by atoms with Crippen molar-refractivity contribution < 1.29 is 14.5 Å². The molecule has 0 aliphatic heterocycles. The molecule has 0 atom stereocenters. The molecule has 0 saturated heterocycles. The standard InChI is InChI=1S/C15H9BrClNO4/c16-11-4-7-14(13(17)9-11)22-15(19)8-3-10-1-5-12(6-2-10)18(20)21/h1-9H. The Morgan fingerprint density at radius 2 is 1.91 bits per heavy atom. The van der Waals surface area contributed by atoms with E-state index in [1.54, 1.807) is 18.2 Å². The summed E-state index contributed by atoms with van der Waals surface area (Å²) in [6.07, 6.45) is 2.72. The zero-order chi connectivity index (χ0) is 16.1. The molecule has 0 bridgehead atoms. The number of non-ortho nitro benzene ring substituents is 1. The molecule has 0 aliphatic rings. The van der Waals surface area contributed by atoms with Gasteiger partial charge in [-0.15, -0.1) is 0 Å². The number of nitro groups is 1. The minimum absolute atomic E-state index is 0.0126. The fraction of sp³-hybridized carbons (Fsp3) is 0. The van der Waals surface area contributed by atoms with Crippen molar-refractivity contribution in [3.8, 4) is 5.75 Å². The third-order valence-electron chi connectivity index (χ3n) is 2.62. The molecule has 0 spiro atoms. The maximum Gasteiger partial charge on any atom is 0.336 e. The SMILES string of the molecule is O=C(C=Cc1ccc([N+](=O)[O-])cc1)Oc1ccc(Br)cc1Cl. The highest BCUT2D eigenvalue weighted by molar-refractivity contribution is 9.10. The number of rotatable bonds is 4. The number of halogens is 2. The number of ether oxygens (including phenoxy) is 1. The van der Waals surface area contributed by atoms with Crippen molar-refractivity contribution in [3.05, 3.63) is 73.7 Å². The van der Waals surface area contributed by atoms with Gasteiger partial charge in [0.15, 0.2) is 0 Å². The van der Waals surface area contributed by atoms with Crippen molar-refractivity contribution in [2.45, 2.75) is 0 Å².